The zero-order chi connectivity index (χ0) is 19.4. The SMILES string of the molecule is O=C(O)CCNC(=O)c1ccc(NC(=O)C2(c3ccc(Cl)cc3)CC2)cc1. The average molecular weight is 387 g/mol. The van der Waals surface area contributed by atoms with Crippen molar-refractivity contribution < 1.29 is 19.5 Å². The summed E-state index contributed by atoms with van der Waals surface area (Å²) in [5.41, 5.74) is 1.43. The van der Waals surface area contributed by atoms with Gasteiger partial charge in [-0.15, -0.1) is 0 Å². The predicted octanol–water partition coefficient (Wildman–Crippen LogP) is 3.21. The van der Waals surface area contributed by atoms with E-state index in [0.29, 0.717) is 16.3 Å². The minimum absolute atomic E-state index is 0.0657. The molecule has 1 aliphatic carbocycles. The van der Waals surface area contributed by atoms with Gasteiger partial charge in [0.05, 0.1) is 11.8 Å². The highest BCUT2D eigenvalue weighted by atomic mass is 35.5. The van der Waals surface area contributed by atoms with Crippen LogP contribution in [0.3, 0.4) is 0 Å². The molecular formula is C20H19ClN2O4. The molecule has 0 radical (unpaired) electrons. The number of hydrogen-bond acceptors (Lipinski definition) is 3. The molecule has 0 unspecified atom stereocenters. The van der Waals surface area contributed by atoms with Gasteiger partial charge in [0.25, 0.3) is 5.91 Å². The van der Waals surface area contributed by atoms with Crippen molar-refractivity contribution in [3.8, 4) is 0 Å². The largest absolute Gasteiger partial charge is 0.481 e. The molecule has 3 N–H and O–H groups in total. The Morgan fingerprint density at radius 3 is 2.19 bits per heavy atom. The fourth-order valence-corrected chi connectivity index (χ4v) is 3.01. The summed E-state index contributed by atoms with van der Waals surface area (Å²) in [5, 5.41) is 14.7. The summed E-state index contributed by atoms with van der Waals surface area (Å²) >= 11 is 5.92. The number of carboxylic acid groups (broad SMARTS) is 1. The van der Waals surface area contributed by atoms with Crippen LogP contribution in [0.5, 0.6) is 0 Å². The number of carbonyl (C=O) groups excluding carboxylic acids is 2. The smallest absolute Gasteiger partial charge is 0.305 e. The highest BCUT2D eigenvalue weighted by Crippen LogP contribution is 2.49. The van der Waals surface area contributed by atoms with Gasteiger partial charge in [-0.25, -0.2) is 0 Å². The molecule has 0 atom stereocenters. The summed E-state index contributed by atoms with van der Waals surface area (Å²) < 4.78 is 0. The minimum Gasteiger partial charge on any atom is -0.481 e. The van der Waals surface area contributed by atoms with Crippen LogP contribution >= 0.6 is 11.6 Å². The van der Waals surface area contributed by atoms with Crippen molar-refractivity contribution in [2.75, 3.05) is 11.9 Å². The molecule has 7 heteroatoms. The van der Waals surface area contributed by atoms with Gasteiger partial charge >= 0.3 is 5.97 Å². The van der Waals surface area contributed by atoms with E-state index in [1.54, 1.807) is 36.4 Å². The summed E-state index contributed by atoms with van der Waals surface area (Å²) in [5.74, 6) is -1.40. The molecule has 0 heterocycles. The zero-order valence-electron chi connectivity index (χ0n) is 14.5. The molecule has 1 aliphatic rings. The average Bonchev–Trinajstić information content (AvgIpc) is 3.44. The second-order valence-corrected chi connectivity index (χ2v) is 6.96. The van der Waals surface area contributed by atoms with Crippen LogP contribution in [0.15, 0.2) is 48.5 Å². The lowest BCUT2D eigenvalue weighted by molar-refractivity contribution is -0.136. The van der Waals surface area contributed by atoms with Gasteiger partial charge in [0.1, 0.15) is 0 Å². The Kier molecular flexibility index (Phi) is 5.46. The maximum absolute atomic E-state index is 12.7. The van der Waals surface area contributed by atoms with Gasteiger partial charge < -0.3 is 15.7 Å². The van der Waals surface area contributed by atoms with E-state index in [1.807, 2.05) is 12.1 Å². The lowest BCUT2D eigenvalue weighted by Crippen LogP contribution is -2.28. The molecule has 140 valence electrons. The lowest BCUT2D eigenvalue weighted by atomic mass is 9.95. The van der Waals surface area contributed by atoms with E-state index >= 15 is 0 Å². The van der Waals surface area contributed by atoms with Crippen LogP contribution in [0, 0.1) is 0 Å². The number of benzene rings is 2. The van der Waals surface area contributed by atoms with Gasteiger partial charge in [-0.05, 0) is 54.8 Å². The van der Waals surface area contributed by atoms with Crippen LogP contribution in [0.2, 0.25) is 5.02 Å². The van der Waals surface area contributed by atoms with E-state index < -0.39 is 11.4 Å². The van der Waals surface area contributed by atoms with Crippen molar-refractivity contribution in [2.45, 2.75) is 24.7 Å². The monoisotopic (exact) mass is 386 g/mol. The van der Waals surface area contributed by atoms with Crippen LogP contribution in [0.1, 0.15) is 35.2 Å². The molecule has 2 aromatic carbocycles. The first kappa shape index (κ1) is 18.9. The minimum atomic E-state index is -0.969. The number of nitrogens with one attached hydrogen (secondary N) is 2. The van der Waals surface area contributed by atoms with E-state index in [2.05, 4.69) is 10.6 Å². The second-order valence-electron chi connectivity index (χ2n) is 6.52. The van der Waals surface area contributed by atoms with Gasteiger partial charge in [-0.2, -0.15) is 0 Å². The molecule has 2 amide bonds. The van der Waals surface area contributed by atoms with Crippen molar-refractivity contribution in [1.82, 2.24) is 5.32 Å². The Bertz CT molecular complexity index is 859. The molecule has 0 saturated heterocycles. The summed E-state index contributed by atoms with van der Waals surface area (Å²) in [7, 11) is 0. The lowest BCUT2D eigenvalue weighted by Gasteiger charge is -2.16. The first-order valence-corrected chi connectivity index (χ1v) is 8.96. The van der Waals surface area contributed by atoms with E-state index in [0.717, 1.165) is 18.4 Å². The Morgan fingerprint density at radius 1 is 1.00 bits per heavy atom. The summed E-state index contributed by atoms with van der Waals surface area (Å²) in [6.45, 7) is 0.0657. The van der Waals surface area contributed by atoms with Gasteiger partial charge in [-0.3, -0.25) is 14.4 Å². The first-order chi connectivity index (χ1) is 12.9. The van der Waals surface area contributed by atoms with E-state index in [1.165, 1.54) is 0 Å². The first-order valence-electron chi connectivity index (χ1n) is 8.58. The Morgan fingerprint density at radius 2 is 1.63 bits per heavy atom. The predicted molar refractivity (Wildman–Crippen MR) is 102 cm³/mol. The third-order valence-electron chi connectivity index (χ3n) is 4.61. The van der Waals surface area contributed by atoms with Crippen molar-refractivity contribution in [3.05, 3.63) is 64.7 Å². The zero-order valence-corrected chi connectivity index (χ0v) is 15.3. The number of anilines is 1. The fourth-order valence-electron chi connectivity index (χ4n) is 2.88. The molecule has 6 nitrogen and oxygen atoms in total. The van der Waals surface area contributed by atoms with Crippen LogP contribution in [0.25, 0.3) is 0 Å². The Hall–Kier alpha value is -2.86. The number of amides is 2. The maximum atomic E-state index is 12.7. The number of carbonyl (C=O) groups is 3. The molecule has 0 bridgehead atoms. The number of halogens is 1. The third-order valence-corrected chi connectivity index (χ3v) is 4.86. The molecule has 3 rings (SSSR count). The molecule has 0 aromatic heterocycles. The van der Waals surface area contributed by atoms with Gasteiger partial charge in [0, 0.05) is 22.8 Å². The third kappa shape index (κ3) is 4.46. The number of carboxylic acids is 1. The number of rotatable bonds is 7. The summed E-state index contributed by atoms with van der Waals surface area (Å²) in [6.07, 6.45) is 1.43. The maximum Gasteiger partial charge on any atom is 0.305 e. The Labute approximate surface area is 161 Å². The molecule has 1 fully saturated rings. The molecule has 0 aliphatic heterocycles. The topological polar surface area (TPSA) is 95.5 Å². The molecule has 2 aromatic rings. The van der Waals surface area contributed by atoms with E-state index in [9.17, 15) is 14.4 Å². The molecule has 1 saturated carbocycles. The van der Waals surface area contributed by atoms with E-state index in [4.69, 9.17) is 16.7 Å². The van der Waals surface area contributed by atoms with Crippen molar-refractivity contribution in [1.29, 1.82) is 0 Å². The van der Waals surface area contributed by atoms with Crippen molar-refractivity contribution in [2.24, 2.45) is 0 Å². The standard InChI is InChI=1S/C20H19ClN2O4/c21-15-5-3-14(4-6-15)20(10-11-20)19(27)23-16-7-1-13(2-8-16)18(26)22-12-9-17(24)25/h1-8H,9-12H2,(H,22,26)(H,23,27)(H,24,25). The Balaban J connectivity index is 1.61. The van der Waals surface area contributed by atoms with Gasteiger partial charge in [0.15, 0.2) is 0 Å². The van der Waals surface area contributed by atoms with Gasteiger partial charge in [0.2, 0.25) is 5.91 Å². The van der Waals surface area contributed by atoms with Gasteiger partial charge in [-0.1, -0.05) is 23.7 Å². The summed E-state index contributed by atoms with van der Waals surface area (Å²) in [6, 6.07) is 13.8. The molecule has 27 heavy (non-hydrogen) atoms. The number of aliphatic carboxylic acids is 1. The quantitative estimate of drug-likeness (QED) is 0.680. The highest BCUT2D eigenvalue weighted by Gasteiger charge is 2.51. The van der Waals surface area contributed by atoms with Crippen LogP contribution < -0.4 is 10.6 Å². The fraction of sp³-hybridized carbons (Fsp3) is 0.250. The highest BCUT2D eigenvalue weighted by molar-refractivity contribution is 6.30. The summed E-state index contributed by atoms with van der Waals surface area (Å²) in [4.78, 5) is 35.1. The van der Waals surface area contributed by atoms with Crippen LogP contribution in [0.4, 0.5) is 5.69 Å². The van der Waals surface area contributed by atoms with Crippen LogP contribution in [-0.2, 0) is 15.0 Å². The van der Waals surface area contributed by atoms with Crippen molar-refractivity contribution >= 4 is 35.1 Å². The van der Waals surface area contributed by atoms with Crippen molar-refractivity contribution in [3.63, 3.8) is 0 Å². The number of hydrogen-bond donors (Lipinski definition) is 3. The van der Waals surface area contributed by atoms with Crippen LogP contribution in [-0.4, -0.2) is 29.4 Å². The van der Waals surface area contributed by atoms with E-state index in [-0.39, 0.29) is 24.8 Å². The molecule has 0 spiro atoms. The normalized spacial score (nSPS) is 14.3. The second kappa shape index (κ2) is 7.80. The molecular weight excluding hydrogens is 368 g/mol.